The Balaban J connectivity index is 2.03. The van der Waals surface area contributed by atoms with Crippen LogP contribution in [0.3, 0.4) is 0 Å². The highest BCUT2D eigenvalue weighted by Gasteiger charge is 2.32. The number of rotatable bonds is 2. The average Bonchev–Trinajstić information content (AvgIpc) is 2.55. The summed E-state index contributed by atoms with van der Waals surface area (Å²) in [6.45, 7) is 0. The van der Waals surface area contributed by atoms with E-state index in [-0.39, 0.29) is 11.2 Å². The quantitative estimate of drug-likeness (QED) is 0.663. The van der Waals surface area contributed by atoms with Crippen molar-refractivity contribution in [3.05, 3.63) is 74.6 Å². The Morgan fingerprint density at radius 3 is 2.48 bits per heavy atom. The van der Waals surface area contributed by atoms with Crippen LogP contribution in [0.2, 0.25) is 0 Å². The molecule has 3 aromatic rings. The van der Waals surface area contributed by atoms with Crippen molar-refractivity contribution in [1.29, 1.82) is 0 Å². The van der Waals surface area contributed by atoms with Crippen molar-refractivity contribution in [2.24, 2.45) is 0 Å². The van der Waals surface area contributed by atoms with Gasteiger partial charge < -0.3 is 15.3 Å². The number of fused-ring (bicyclic) bond motifs is 1. The number of pyridine rings is 2. The predicted octanol–water partition coefficient (Wildman–Crippen LogP) is 2.49. The predicted molar refractivity (Wildman–Crippen MR) is 84.6 cm³/mol. The summed E-state index contributed by atoms with van der Waals surface area (Å²) >= 11 is 0. The molecule has 9 heteroatoms. The van der Waals surface area contributed by atoms with Gasteiger partial charge in [0, 0.05) is 28.9 Å². The molecule has 128 valence electrons. The number of amides is 1. The van der Waals surface area contributed by atoms with Gasteiger partial charge in [-0.1, -0.05) is 6.07 Å². The van der Waals surface area contributed by atoms with Crippen molar-refractivity contribution in [1.82, 2.24) is 9.97 Å². The largest absolute Gasteiger partial charge is 0.417 e. The molecule has 3 rings (SSSR count). The number of carbonyl (C=O) groups excluding carboxylic acids is 1. The Labute approximate surface area is 137 Å². The Morgan fingerprint density at radius 2 is 1.76 bits per heavy atom. The lowest BCUT2D eigenvalue weighted by Crippen LogP contribution is -2.25. The summed E-state index contributed by atoms with van der Waals surface area (Å²) in [6, 6.07) is 6.51. The molecule has 0 aliphatic rings. The molecule has 0 radical (unpaired) electrons. The maximum atomic E-state index is 12.8. The van der Waals surface area contributed by atoms with Gasteiger partial charge in [-0.3, -0.25) is 14.4 Å². The van der Waals surface area contributed by atoms with Crippen molar-refractivity contribution in [2.75, 3.05) is 5.32 Å². The number of alkyl halides is 3. The highest BCUT2D eigenvalue weighted by molar-refractivity contribution is 6.08. The van der Waals surface area contributed by atoms with Crippen LogP contribution in [0.15, 0.2) is 52.3 Å². The molecule has 2 aromatic heterocycles. The van der Waals surface area contributed by atoms with E-state index in [0.717, 1.165) is 0 Å². The van der Waals surface area contributed by atoms with E-state index in [1.165, 1.54) is 30.5 Å². The molecule has 1 amide bonds. The third kappa shape index (κ3) is 3.16. The second kappa shape index (κ2) is 5.93. The summed E-state index contributed by atoms with van der Waals surface area (Å²) in [5, 5.41) is 3.05. The van der Waals surface area contributed by atoms with E-state index in [9.17, 15) is 27.6 Å². The number of aromatic nitrogens is 2. The van der Waals surface area contributed by atoms with Gasteiger partial charge in [0.05, 0.1) is 5.56 Å². The minimum absolute atomic E-state index is 0.199. The van der Waals surface area contributed by atoms with Crippen molar-refractivity contribution in [2.45, 2.75) is 6.18 Å². The monoisotopic (exact) mass is 349 g/mol. The third-order valence-electron chi connectivity index (χ3n) is 3.54. The summed E-state index contributed by atoms with van der Waals surface area (Å²) < 4.78 is 38.3. The zero-order valence-electron chi connectivity index (χ0n) is 12.4. The van der Waals surface area contributed by atoms with Gasteiger partial charge in [0.1, 0.15) is 5.56 Å². The second-order valence-corrected chi connectivity index (χ2v) is 5.16. The van der Waals surface area contributed by atoms with Crippen LogP contribution in [0.1, 0.15) is 15.9 Å². The molecule has 2 heterocycles. The zero-order chi connectivity index (χ0) is 18.2. The Hall–Kier alpha value is -3.36. The van der Waals surface area contributed by atoms with Crippen LogP contribution in [-0.2, 0) is 6.18 Å². The fraction of sp³-hybridized carbons (Fsp3) is 0.0625. The molecule has 0 aliphatic carbocycles. The van der Waals surface area contributed by atoms with Gasteiger partial charge in [-0.05, 0) is 24.3 Å². The molecule has 25 heavy (non-hydrogen) atoms. The molecular weight excluding hydrogens is 339 g/mol. The number of H-pyrrole nitrogens is 2. The van der Waals surface area contributed by atoms with Gasteiger partial charge in [-0.15, -0.1) is 0 Å². The molecule has 0 atom stereocenters. The minimum Gasteiger partial charge on any atom is -0.329 e. The van der Waals surface area contributed by atoms with Crippen LogP contribution < -0.4 is 16.4 Å². The molecule has 0 unspecified atom stereocenters. The first-order valence-corrected chi connectivity index (χ1v) is 6.99. The van der Waals surface area contributed by atoms with Gasteiger partial charge >= 0.3 is 6.18 Å². The fourth-order valence-electron chi connectivity index (χ4n) is 2.34. The number of nitrogens with one attached hydrogen (secondary N) is 3. The zero-order valence-corrected chi connectivity index (χ0v) is 12.4. The van der Waals surface area contributed by atoms with E-state index in [4.69, 9.17) is 0 Å². The van der Waals surface area contributed by atoms with Crippen LogP contribution in [0, 0.1) is 0 Å². The molecule has 0 fully saturated rings. The summed E-state index contributed by atoms with van der Waals surface area (Å²) in [6.07, 6.45) is -2.83. The molecule has 0 saturated heterocycles. The number of halogens is 3. The lowest BCUT2D eigenvalue weighted by molar-refractivity contribution is -0.137. The Morgan fingerprint density at radius 1 is 1.00 bits per heavy atom. The highest BCUT2D eigenvalue weighted by Crippen LogP contribution is 2.28. The summed E-state index contributed by atoms with van der Waals surface area (Å²) in [7, 11) is 0. The number of anilines is 1. The molecule has 0 saturated carbocycles. The number of benzene rings is 1. The minimum atomic E-state index is -4.70. The standard InChI is InChI=1S/C16H10F3N3O3/c17-16(18,19)8-6-11(14(24)21-7-8)15(25)22-12-3-1-2-10-9(12)4-5-20-13(10)23/h1-7H,(H,20,23)(H,21,24)(H,22,25). The average molecular weight is 349 g/mol. The second-order valence-electron chi connectivity index (χ2n) is 5.16. The van der Waals surface area contributed by atoms with Gasteiger partial charge in [0.15, 0.2) is 0 Å². The van der Waals surface area contributed by atoms with Crippen molar-refractivity contribution < 1.29 is 18.0 Å². The molecule has 3 N–H and O–H groups in total. The Kier molecular flexibility index (Phi) is 3.91. The first-order valence-electron chi connectivity index (χ1n) is 6.99. The van der Waals surface area contributed by atoms with E-state index in [1.807, 2.05) is 4.98 Å². The third-order valence-corrected chi connectivity index (χ3v) is 3.54. The van der Waals surface area contributed by atoms with Crippen LogP contribution in [0.25, 0.3) is 10.8 Å². The first-order chi connectivity index (χ1) is 11.8. The van der Waals surface area contributed by atoms with E-state index in [1.54, 1.807) is 0 Å². The normalized spacial score (nSPS) is 11.5. The van der Waals surface area contributed by atoms with Crippen LogP contribution >= 0.6 is 0 Å². The topological polar surface area (TPSA) is 94.8 Å². The maximum absolute atomic E-state index is 12.8. The highest BCUT2D eigenvalue weighted by atomic mass is 19.4. The number of carbonyl (C=O) groups is 1. The lowest BCUT2D eigenvalue weighted by atomic mass is 10.1. The molecule has 1 aromatic carbocycles. The number of hydrogen-bond acceptors (Lipinski definition) is 3. The summed E-state index contributed by atoms with van der Waals surface area (Å²) in [4.78, 5) is 40.1. The van der Waals surface area contributed by atoms with E-state index < -0.39 is 28.8 Å². The van der Waals surface area contributed by atoms with Gasteiger partial charge in [-0.2, -0.15) is 13.2 Å². The van der Waals surface area contributed by atoms with Crippen molar-refractivity contribution in [3.8, 4) is 0 Å². The van der Waals surface area contributed by atoms with Crippen molar-refractivity contribution in [3.63, 3.8) is 0 Å². The van der Waals surface area contributed by atoms with Gasteiger partial charge in [0.25, 0.3) is 17.0 Å². The van der Waals surface area contributed by atoms with Gasteiger partial charge in [-0.25, -0.2) is 0 Å². The van der Waals surface area contributed by atoms with Gasteiger partial charge in [0.2, 0.25) is 0 Å². The molecule has 0 aliphatic heterocycles. The van der Waals surface area contributed by atoms with E-state index in [0.29, 0.717) is 23.0 Å². The van der Waals surface area contributed by atoms with Crippen LogP contribution in [-0.4, -0.2) is 15.9 Å². The molecule has 6 nitrogen and oxygen atoms in total. The lowest BCUT2D eigenvalue weighted by Gasteiger charge is -2.10. The number of hydrogen-bond donors (Lipinski definition) is 3. The fourth-order valence-corrected chi connectivity index (χ4v) is 2.34. The molecule has 0 spiro atoms. The van der Waals surface area contributed by atoms with Crippen LogP contribution in [0.4, 0.5) is 18.9 Å². The smallest absolute Gasteiger partial charge is 0.329 e. The summed E-state index contributed by atoms with van der Waals surface area (Å²) in [5.41, 5.74) is -2.97. The summed E-state index contributed by atoms with van der Waals surface area (Å²) in [5.74, 6) is -1.01. The van der Waals surface area contributed by atoms with E-state index in [2.05, 4.69) is 10.3 Å². The first kappa shape index (κ1) is 16.5. The molecule has 0 bridgehead atoms. The van der Waals surface area contributed by atoms with E-state index >= 15 is 0 Å². The Bertz CT molecular complexity index is 1080. The maximum Gasteiger partial charge on any atom is 0.417 e. The number of aromatic amines is 2. The van der Waals surface area contributed by atoms with Crippen molar-refractivity contribution >= 4 is 22.4 Å². The molecular formula is C16H10F3N3O3. The van der Waals surface area contributed by atoms with Crippen LogP contribution in [0.5, 0.6) is 0 Å². The SMILES string of the molecule is O=C(Nc1cccc2c(=O)[nH]ccc12)c1cc(C(F)(F)F)c[nH]c1=O.